The van der Waals surface area contributed by atoms with Gasteiger partial charge in [-0.1, -0.05) is 0 Å². The minimum absolute atomic E-state index is 0.0711. The monoisotopic (exact) mass is 280 g/mol. The standard InChI is InChI=1S/C12H28O5Si/c1-9-13-17-18(14-10(2)3,15-11(4)5)16-12(6,7)8/h10-11H,9H2,1-8H3. The van der Waals surface area contributed by atoms with Crippen molar-refractivity contribution in [3.63, 3.8) is 0 Å². The van der Waals surface area contributed by atoms with E-state index in [0.717, 1.165) is 0 Å². The van der Waals surface area contributed by atoms with Crippen molar-refractivity contribution in [3.8, 4) is 0 Å². The summed E-state index contributed by atoms with van der Waals surface area (Å²) in [7, 11) is -3.30. The van der Waals surface area contributed by atoms with Crippen LogP contribution in [0.1, 0.15) is 55.4 Å². The Kier molecular flexibility index (Phi) is 7.58. The minimum Gasteiger partial charge on any atom is -0.347 e. The summed E-state index contributed by atoms with van der Waals surface area (Å²) >= 11 is 0. The van der Waals surface area contributed by atoms with Gasteiger partial charge in [0.15, 0.2) is 0 Å². The van der Waals surface area contributed by atoms with Gasteiger partial charge in [-0.2, -0.15) is 4.58 Å². The van der Waals surface area contributed by atoms with Gasteiger partial charge >= 0.3 is 9.05 Å². The van der Waals surface area contributed by atoms with E-state index in [1.807, 2.05) is 55.4 Å². The van der Waals surface area contributed by atoms with Crippen LogP contribution in [0.5, 0.6) is 0 Å². The molecule has 0 aromatic rings. The Morgan fingerprint density at radius 3 is 1.67 bits per heavy atom. The van der Waals surface area contributed by atoms with Gasteiger partial charge in [0.25, 0.3) is 0 Å². The maximum absolute atomic E-state index is 5.90. The normalized spacial score (nSPS) is 13.7. The van der Waals surface area contributed by atoms with E-state index in [0.29, 0.717) is 6.61 Å². The van der Waals surface area contributed by atoms with Crippen molar-refractivity contribution in [2.24, 2.45) is 0 Å². The van der Waals surface area contributed by atoms with E-state index in [1.165, 1.54) is 0 Å². The minimum atomic E-state index is -3.30. The molecule has 0 amide bonds. The molecule has 0 heterocycles. The van der Waals surface area contributed by atoms with E-state index in [2.05, 4.69) is 0 Å². The van der Waals surface area contributed by atoms with Crippen LogP contribution >= 0.6 is 0 Å². The first-order valence-electron chi connectivity index (χ1n) is 6.46. The molecule has 0 bridgehead atoms. The van der Waals surface area contributed by atoms with Crippen molar-refractivity contribution in [2.45, 2.75) is 73.2 Å². The van der Waals surface area contributed by atoms with E-state index in [-0.39, 0.29) is 12.2 Å². The summed E-state index contributed by atoms with van der Waals surface area (Å²) in [5.74, 6) is 0. The molecule has 0 aromatic carbocycles. The zero-order chi connectivity index (χ0) is 14.4. The largest absolute Gasteiger partial charge is 0.708 e. The molecule has 0 saturated carbocycles. The molecule has 5 nitrogen and oxygen atoms in total. The van der Waals surface area contributed by atoms with Crippen LogP contribution in [0.2, 0.25) is 0 Å². The molecule has 6 heteroatoms. The SMILES string of the molecule is CCOO[Si](OC(C)C)(OC(C)C)OC(C)(C)C. The second kappa shape index (κ2) is 7.57. The molecule has 18 heavy (non-hydrogen) atoms. The molecule has 0 fully saturated rings. The van der Waals surface area contributed by atoms with E-state index in [4.69, 9.17) is 22.7 Å². The highest BCUT2D eigenvalue weighted by Gasteiger charge is 2.52. The van der Waals surface area contributed by atoms with Gasteiger partial charge in [0.05, 0.1) is 12.2 Å². The third-order valence-corrected chi connectivity index (χ3v) is 4.17. The average molecular weight is 280 g/mol. The van der Waals surface area contributed by atoms with Gasteiger partial charge in [-0.15, -0.1) is 0 Å². The number of rotatable bonds is 8. The Labute approximate surface area is 112 Å². The smallest absolute Gasteiger partial charge is 0.347 e. The van der Waals surface area contributed by atoms with Crippen LogP contribution < -0.4 is 0 Å². The van der Waals surface area contributed by atoms with Crippen molar-refractivity contribution >= 4 is 9.05 Å². The Morgan fingerprint density at radius 2 is 1.39 bits per heavy atom. The predicted molar refractivity (Wildman–Crippen MR) is 71.7 cm³/mol. The summed E-state index contributed by atoms with van der Waals surface area (Å²) < 4.78 is 22.8. The van der Waals surface area contributed by atoms with Crippen LogP contribution in [0.3, 0.4) is 0 Å². The molecule has 0 rings (SSSR count). The quantitative estimate of drug-likeness (QED) is 0.388. The van der Waals surface area contributed by atoms with Crippen molar-refractivity contribution in [3.05, 3.63) is 0 Å². The molecule has 0 aliphatic rings. The Morgan fingerprint density at radius 1 is 0.944 bits per heavy atom. The molecule has 0 atom stereocenters. The summed E-state index contributed by atoms with van der Waals surface area (Å²) in [6, 6.07) is 0. The first kappa shape index (κ1) is 18.0. The molecule has 110 valence electrons. The topological polar surface area (TPSA) is 46.2 Å². The van der Waals surface area contributed by atoms with E-state index in [1.54, 1.807) is 0 Å². The fraction of sp³-hybridized carbons (Fsp3) is 1.00. The third kappa shape index (κ3) is 8.18. The molecule has 0 radical (unpaired) electrons. The first-order valence-corrected chi connectivity index (χ1v) is 8.10. The van der Waals surface area contributed by atoms with Crippen LogP contribution in [-0.2, 0) is 22.7 Å². The predicted octanol–water partition coefficient (Wildman–Crippen LogP) is 3.06. The summed E-state index contributed by atoms with van der Waals surface area (Å²) in [5.41, 5.74) is -0.437. The average Bonchev–Trinajstić information content (AvgIpc) is 2.09. The lowest BCUT2D eigenvalue weighted by molar-refractivity contribution is -0.284. The summed E-state index contributed by atoms with van der Waals surface area (Å²) in [4.78, 5) is 5.03. The van der Waals surface area contributed by atoms with Crippen LogP contribution in [0.25, 0.3) is 0 Å². The van der Waals surface area contributed by atoms with E-state index < -0.39 is 14.6 Å². The fourth-order valence-electron chi connectivity index (χ4n) is 1.22. The van der Waals surface area contributed by atoms with Crippen molar-refractivity contribution < 1.29 is 22.7 Å². The summed E-state index contributed by atoms with van der Waals surface area (Å²) in [5, 5.41) is 0. The van der Waals surface area contributed by atoms with Crippen LogP contribution in [0.15, 0.2) is 0 Å². The van der Waals surface area contributed by atoms with Crippen molar-refractivity contribution in [1.82, 2.24) is 0 Å². The lowest BCUT2D eigenvalue weighted by atomic mass is 10.2. The van der Waals surface area contributed by atoms with Gasteiger partial charge in [-0.3, -0.25) is 0 Å². The van der Waals surface area contributed by atoms with Gasteiger partial charge in [-0.05, 0) is 55.4 Å². The molecule has 0 aromatic heterocycles. The fourth-order valence-corrected chi connectivity index (χ4v) is 3.65. The molecule has 0 aliphatic carbocycles. The Bertz CT molecular complexity index is 215. The number of hydrogen-bond acceptors (Lipinski definition) is 5. The third-order valence-electron chi connectivity index (χ3n) is 1.47. The highest BCUT2D eigenvalue weighted by Crippen LogP contribution is 2.23. The maximum atomic E-state index is 5.90. The second-order valence-electron chi connectivity index (χ2n) is 5.54. The van der Waals surface area contributed by atoms with Crippen LogP contribution in [0.4, 0.5) is 0 Å². The van der Waals surface area contributed by atoms with Gasteiger partial charge in [0.2, 0.25) is 0 Å². The maximum Gasteiger partial charge on any atom is 0.708 e. The van der Waals surface area contributed by atoms with Gasteiger partial charge < -0.3 is 13.3 Å². The lowest BCUT2D eigenvalue weighted by Gasteiger charge is -2.35. The Hall–Kier alpha value is 0.0169. The van der Waals surface area contributed by atoms with Gasteiger partial charge in [-0.25, -0.2) is 4.89 Å². The Balaban J connectivity index is 4.97. The number of hydrogen-bond donors (Lipinski definition) is 0. The molecule has 0 N–H and O–H groups in total. The zero-order valence-electron chi connectivity index (χ0n) is 12.9. The van der Waals surface area contributed by atoms with E-state index in [9.17, 15) is 0 Å². The van der Waals surface area contributed by atoms with E-state index >= 15 is 0 Å². The lowest BCUT2D eigenvalue weighted by Crippen LogP contribution is -2.55. The molecule has 0 saturated heterocycles. The molecular formula is C12H28O5Si. The molecule has 0 aliphatic heterocycles. The van der Waals surface area contributed by atoms with Crippen molar-refractivity contribution in [1.29, 1.82) is 0 Å². The first-order chi connectivity index (χ1) is 8.10. The highest BCUT2D eigenvalue weighted by atomic mass is 28.4. The van der Waals surface area contributed by atoms with Crippen LogP contribution in [-0.4, -0.2) is 33.5 Å². The zero-order valence-corrected chi connectivity index (χ0v) is 13.9. The summed E-state index contributed by atoms with van der Waals surface area (Å²) in [6.07, 6.45) is -0.142. The molecule has 0 spiro atoms. The second-order valence-corrected chi connectivity index (χ2v) is 7.38. The molecular weight excluding hydrogens is 252 g/mol. The summed E-state index contributed by atoms with van der Waals surface area (Å²) in [6.45, 7) is 15.7. The van der Waals surface area contributed by atoms with Crippen molar-refractivity contribution in [2.75, 3.05) is 6.61 Å². The molecule has 0 unspecified atom stereocenters. The highest BCUT2D eigenvalue weighted by molar-refractivity contribution is 6.53. The van der Waals surface area contributed by atoms with Crippen LogP contribution in [0, 0.1) is 0 Å². The van der Waals surface area contributed by atoms with Gasteiger partial charge in [0.1, 0.15) is 0 Å². The van der Waals surface area contributed by atoms with Gasteiger partial charge in [0, 0.05) is 12.2 Å².